The SMILES string of the molecule is C#CC[C@]12CC[C@H](O)C[C@]1(O)CC[C@H]1[C@@H]3CC[C@H](C(C)O)[C@@]3(C)CC[C@@H]12. The van der Waals surface area contributed by atoms with Crippen LogP contribution in [0.2, 0.25) is 0 Å². The summed E-state index contributed by atoms with van der Waals surface area (Å²) in [7, 11) is 0. The van der Waals surface area contributed by atoms with E-state index in [0.717, 1.165) is 44.9 Å². The molecule has 4 aliphatic carbocycles. The average Bonchev–Trinajstić information content (AvgIpc) is 2.93. The van der Waals surface area contributed by atoms with Crippen molar-refractivity contribution in [3.8, 4) is 12.3 Å². The quantitative estimate of drug-likeness (QED) is 0.661. The predicted molar refractivity (Wildman–Crippen MR) is 102 cm³/mol. The first-order valence-corrected chi connectivity index (χ1v) is 10.8. The number of terminal acetylenes is 1. The number of aliphatic hydroxyl groups excluding tert-OH is 2. The van der Waals surface area contributed by atoms with Gasteiger partial charge in [-0.05, 0) is 87.4 Å². The highest BCUT2D eigenvalue weighted by atomic mass is 16.3. The molecule has 4 aliphatic rings. The molecule has 4 fully saturated rings. The van der Waals surface area contributed by atoms with E-state index in [1.54, 1.807) is 0 Å². The lowest BCUT2D eigenvalue weighted by Crippen LogP contribution is -2.64. The molecule has 3 heteroatoms. The van der Waals surface area contributed by atoms with E-state index in [9.17, 15) is 15.3 Å². The minimum Gasteiger partial charge on any atom is -0.393 e. The molecular formula is C23H36O3. The van der Waals surface area contributed by atoms with Crippen molar-refractivity contribution in [2.45, 2.75) is 95.9 Å². The zero-order chi connectivity index (χ0) is 18.7. The number of hydrogen-bond donors (Lipinski definition) is 3. The molecule has 4 rings (SSSR count). The van der Waals surface area contributed by atoms with Crippen molar-refractivity contribution in [3.05, 3.63) is 0 Å². The molecule has 0 aromatic heterocycles. The van der Waals surface area contributed by atoms with Crippen LogP contribution in [-0.2, 0) is 0 Å². The van der Waals surface area contributed by atoms with Crippen LogP contribution in [0.1, 0.15) is 78.1 Å². The summed E-state index contributed by atoms with van der Waals surface area (Å²) in [6, 6.07) is 0. The first-order chi connectivity index (χ1) is 12.3. The summed E-state index contributed by atoms with van der Waals surface area (Å²) in [5.41, 5.74) is -0.779. The topological polar surface area (TPSA) is 60.7 Å². The Balaban J connectivity index is 1.69. The molecule has 0 aliphatic heterocycles. The normalized spacial score (nSPS) is 54.5. The highest BCUT2D eigenvalue weighted by molar-refractivity contribution is 5.18. The van der Waals surface area contributed by atoms with Gasteiger partial charge < -0.3 is 15.3 Å². The van der Waals surface area contributed by atoms with E-state index in [0.29, 0.717) is 36.5 Å². The second kappa shape index (κ2) is 6.23. The third-order valence-electron chi connectivity index (χ3n) is 9.54. The third kappa shape index (κ3) is 2.38. The molecule has 0 saturated heterocycles. The van der Waals surface area contributed by atoms with E-state index < -0.39 is 5.60 Å². The lowest BCUT2D eigenvalue weighted by atomic mass is 9.42. The van der Waals surface area contributed by atoms with Crippen LogP contribution in [0.15, 0.2) is 0 Å². The maximum Gasteiger partial charge on any atom is 0.0740 e. The van der Waals surface area contributed by atoms with E-state index >= 15 is 0 Å². The Labute approximate surface area is 158 Å². The van der Waals surface area contributed by atoms with Gasteiger partial charge in [0.25, 0.3) is 0 Å². The maximum absolute atomic E-state index is 11.6. The zero-order valence-corrected chi connectivity index (χ0v) is 16.5. The van der Waals surface area contributed by atoms with Crippen LogP contribution in [0.25, 0.3) is 0 Å². The van der Waals surface area contributed by atoms with Crippen molar-refractivity contribution in [3.63, 3.8) is 0 Å². The average molecular weight is 361 g/mol. The van der Waals surface area contributed by atoms with Crippen LogP contribution in [0.5, 0.6) is 0 Å². The molecule has 0 aromatic carbocycles. The molecule has 146 valence electrons. The molecule has 0 bridgehead atoms. The summed E-state index contributed by atoms with van der Waals surface area (Å²) in [5, 5.41) is 32.2. The van der Waals surface area contributed by atoms with Gasteiger partial charge in [0, 0.05) is 18.3 Å². The van der Waals surface area contributed by atoms with E-state index in [1.807, 2.05) is 6.92 Å². The van der Waals surface area contributed by atoms with Gasteiger partial charge in [0.15, 0.2) is 0 Å². The number of rotatable bonds is 2. The first kappa shape index (κ1) is 18.8. The second-order valence-electron chi connectivity index (χ2n) is 10.3. The van der Waals surface area contributed by atoms with Gasteiger partial charge in [-0.3, -0.25) is 0 Å². The molecule has 3 nitrogen and oxygen atoms in total. The van der Waals surface area contributed by atoms with Gasteiger partial charge in [-0.25, -0.2) is 0 Å². The summed E-state index contributed by atoms with van der Waals surface area (Å²) >= 11 is 0. The van der Waals surface area contributed by atoms with E-state index in [-0.39, 0.29) is 23.0 Å². The summed E-state index contributed by atoms with van der Waals surface area (Å²) in [5.74, 6) is 5.05. The highest BCUT2D eigenvalue weighted by Crippen LogP contribution is 2.69. The van der Waals surface area contributed by atoms with Gasteiger partial charge in [0.05, 0.1) is 17.8 Å². The molecule has 0 heterocycles. The number of hydrogen-bond acceptors (Lipinski definition) is 3. The fourth-order valence-electron chi connectivity index (χ4n) is 8.41. The molecule has 3 N–H and O–H groups in total. The molecule has 4 saturated carbocycles. The van der Waals surface area contributed by atoms with Crippen LogP contribution >= 0.6 is 0 Å². The van der Waals surface area contributed by atoms with Gasteiger partial charge >= 0.3 is 0 Å². The minimum atomic E-state index is -0.797. The van der Waals surface area contributed by atoms with E-state index in [4.69, 9.17) is 6.42 Å². The largest absolute Gasteiger partial charge is 0.393 e. The smallest absolute Gasteiger partial charge is 0.0740 e. The molecule has 9 atom stereocenters. The van der Waals surface area contributed by atoms with E-state index in [2.05, 4.69) is 12.8 Å². The Morgan fingerprint density at radius 1 is 1.08 bits per heavy atom. The van der Waals surface area contributed by atoms with Crippen molar-refractivity contribution >= 4 is 0 Å². The lowest BCUT2D eigenvalue weighted by Gasteiger charge is -2.64. The monoisotopic (exact) mass is 360 g/mol. The molecule has 0 amide bonds. The highest BCUT2D eigenvalue weighted by Gasteiger charge is 2.66. The first-order valence-electron chi connectivity index (χ1n) is 10.8. The molecule has 1 unspecified atom stereocenters. The van der Waals surface area contributed by atoms with Crippen LogP contribution < -0.4 is 0 Å². The van der Waals surface area contributed by atoms with Gasteiger partial charge in [-0.1, -0.05) is 6.92 Å². The van der Waals surface area contributed by atoms with Gasteiger partial charge in [0.2, 0.25) is 0 Å². The van der Waals surface area contributed by atoms with Crippen molar-refractivity contribution in [2.24, 2.45) is 34.5 Å². The Kier molecular flexibility index (Phi) is 4.50. The van der Waals surface area contributed by atoms with E-state index in [1.165, 1.54) is 6.42 Å². The Morgan fingerprint density at radius 2 is 1.85 bits per heavy atom. The van der Waals surface area contributed by atoms with Gasteiger partial charge in [-0.2, -0.15) is 0 Å². The summed E-state index contributed by atoms with van der Waals surface area (Å²) in [6.45, 7) is 4.38. The summed E-state index contributed by atoms with van der Waals surface area (Å²) in [6.07, 6.45) is 14.4. The third-order valence-corrected chi connectivity index (χ3v) is 9.54. The Bertz CT molecular complexity index is 595. The van der Waals surface area contributed by atoms with Gasteiger partial charge in [-0.15, -0.1) is 12.3 Å². The van der Waals surface area contributed by atoms with Crippen LogP contribution in [0.3, 0.4) is 0 Å². The standard InChI is InChI=1S/C23H36O3/c1-4-10-22-12-7-16(25)14-23(22,26)13-8-17-19-6-5-18(15(2)24)21(19,3)11-9-20(17)22/h1,15-20,24-26H,5-14H2,2-3H3/t15?,16-,17-,18+,19-,20-,21+,22+,23+/m0/s1. The maximum atomic E-state index is 11.6. The molecular weight excluding hydrogens is 324 g/mol. The fraction of sp³-hybridized carbons (Fsp3) is 0.913. The number of fused-ring (bicyclic) bond motifs is 5. The Morgan fingerprint density at radius 3 is 2.54 bits per heavy atom. The van der Waals surface area contributed by atoms with Gasteiger partial charge in [0.1, 0.15) is 0 Å². The lowest BCUT2D eigenvalue weighted by molar-refractivity contribution is -0.226. The van der Waals surface area contributed by atoms with Crippen molar-refractivity contribution < 1.29 is 15.3 Å². The summed E-state index contributed by atoms with van der Waals surface area (Å²) in [4.78, 5) is 0. The summed E-state index contributed by atoms with van der Waals surface area (Å²) < 4.78 is 0. The van der Waals surface area contributed by atoms with Crippen LogP contribution in [0, 0.1) is 46.8 Å². The molecule has 0 radical (unpaired) electrons. The molecule has 0 spiro atoms. The van der Waals surface area contributed by atoms with Crippen LogP contribution in [-0.4, -0.2) is 33.1 Å². The van der Waals surface area contributed by atoms with Crippen molar-refractivity contribution in [2.75, 3.05) is 0 Å². The minimum absolute atomic E-state index is 0.214. The molecule has 26 heavy (non-hydrogen) atoms. The Hall–Kier alpha value is -0.560. The fourth-order valence-corrected chi connectivity index (χ4v) is 8.41. The predicted octanol–water partition coefficient (Wildman–Crippen LogP) is 3.51. The zero-order valence-electron chi connectivity index (χ0n) is 16.5. The van der Waals surface area contributed by atoms with Crippen molar-refractivity contribution in [1.82, 2.24) is 0 Å². The van der Waals surface area contributed by atoms with Crippen molar-refractivity contribution in [1.29, 1.82) is 0 Å². The second-order valence-corrected chi connectivity index (χ2v) is 10.3. The van der Waals surface area contributed by atoms with Crippen LogP contribution in [0.4, 0.5) is 0 Å². The number of aliphatic hydroxyl groups is 3. The molecule has 0 aromatic rings.